The van der Waals surface area contributed by atoms with Crippen molar-refractivity contribution in [2.75, 3.05) is 26.4 Å². The molecule has 9 nitrogen and oxygen atoms in total. The number of aliphatic hydroxyl groups is 1. The summed E-state index contributed by atoms with van der Waals surface area (Å²) in [4.78, 5) is 34.0. The average molecular weight is 894 g/mol. The van der Waals surface area contributed by atoms with E-state index in [9.17, 15) is 24.2 Å². The van der Waals surface area contributed by atoms with E-state index in [0.717, 1.165) is 44.9 Å². The van der Waals surface area contributed by atoms with Gasteiger partial charge in [0.05, 0.1) is 13.2 Å². The van der Waals surface area contributed by atoms with E-state index in [2.05, 4.69) is 61.7 Å². The van der Waals surface area contributed by atoms with Crippen LogP contribution < -0.4 is 5.32 Å². The molecule has 0 aromatic heterocycles. The molecule has 0 rings (SSSR count). The number of carbonyl (C=O) groups excluding carboxylic acids is 2. The Kier molecular flexibility index (Phi) is 46.8. The maximum atomic E-state index is 12.1. The fourth-order valence-electron chi connectivity index (χ4n) is 7.14. The van der Waals surface area contributed by atoms with Gasteiger partial charge in [-0.25, -0.2) is 4.57 Å². The van der Waals surface area contributed by atoms with Crippen molar-refractivity contribution in [3.8, 4) is 0 Å². The third kappa shape index (κ3) is 49.0. The Hall–Kier alpha value is -2.03. The number of hydrogen-bond acceptors (Lipinski definition) is 7. The lowest BCUT2D eigenvalue weighted by Crippen LogP contribution is -2.27. The highest BCUT2D eigenvalue weighted by Crippen LogP contribution is 2.42. The maximum Gasteiger partial charge on any atom is 0.472 e. The Balaban J connectivity index is 3.57. The molecular formula is C52H96NO8P. The van der Waals surface area contributed by atoms with Crippen LogP contribution in [0.15, 0.2) is 48.6 Å². The Morgan fingerprint density at radius 3 is 1.34 bits per heavy atom. The summed E-state index contributed by atoms with van der Waals surface area (Å²) in [6, 6.07) is 0. The van der Waals surface area contributed by atoms with Crippen molar-refractivity contribution in [3.63, 3.8) is 0 Å². The summed E-state index contributed by atoms with van der Waals surface area (Å²) in [6.07, 6.45) is 57.8. The molecule has 0 radical (unpaired) electrons. The summed E-state index contributed by atoms with van der Waals surface area (Å²) in [7, 11) is -4.43. The number of unbranched alkanes of at least 4 members (excludes halogenated alkanes) is 27. The second-order valence-electron chi connectivity index (χ2n) is 17.1. The standard InChI is InChI=1S/C52H96NO8P/c1-3-5-7-9-11-13-15-17-19-21-22-23-24-25-26-27-29-30-32-34-36-38-40-42-44-51(55)53-46-47-60-62(57,58)61-49-50(54)48-59-52(56)45-43-41-39-37-35-33-31-28-20-18-16-14-12-10-8-6-4-2/h12,14,18,20,31,33,37,39,50,54H,3-11,13,15-17,19,21-30,32,34-36,38,40-49H2,1-2H3,(H,53,55)(H,57,58)/b14-12-,20-18-,33-31-,39-37-. The van der Waals surface area contributed by atoms with Gasteiger partial charge in [-0.15, -0.1) is 0 Å². The summed E-state index contributed by atoms with van der Waals surface area (Å²) in [5.41, 5.74) is 0. The number of phosphoric ester groups is 1. The molecule has 0 heterocycles. The fraction of sp³-hybridized carbons (Fsp3) is 0.808. The first-order valence-electron chi connectivity index (χ1n) is 25.6. The molecular weight excluding hydrogens is 798 g/mol. The number of hydrogen-bond donors (Lipinski definition) is 3. The molecule has 0 aromatic rings. The molecule has 10 heteroatoms. The van der Waals surface area contributed by atoms with Crippen LogP contribution in [0, 0.1) is 0 Å². The quantitative estimate of drug-likeness (QED) is 0.0238. The van der Waals surface area contributed by atoms with Gasteiger partial charge in [-0.1, -0.05) is 223 Å². The number of esters is 1. The largest absolute Gasteiger partial charge is 0.472 e. The average Bonchev–Trinajstić information content (AvgIpc) is 3.26. The van der Waals surface area contributed by atoms with Crippen LogP contribution in [-0.4, -0.2) is 54.3 Å². The topological polar surface area (TPSA) is 131 Å². The van der Waals surface area contributed by atoms with Gasteiger partial charge in [-0.2, -0.15) is 0 Å². The van der Waals surface area contributed by atoms with Crippen molar-refractivity contribution < 1.29 is 37.9 Å². The van der Waals surface area contributed by atoms with Gasteiger partial charge in [0, 0.05) is 19.4 Å². The summed E-state index contributed by atoms with van der Waals surface area (Å²) in [6.45, 7) is 3.50. The highest BCUT2D eigenvalue weighted by atomic mass is 31.2. The lowest BCUT2D eigenvalue weighted by atomic mass is 10.0. The van der Waals surface area contributed by atoms with Crippen molar-refractivity contribution in [1.82, 2.24) is 5.32 Å². The molecule has 0 aromatic carbocycles. The molecule has 0 fully saturated rings. The van der Waals surface area contributed by atoms with Crippen molar-refractivity contribution in [3.05, 3.63) is 48.6 Å². The molecule has 0 aliphatic carbocycles. The SMILES string of the molecule is CCCCC/C=C\C/C=C\C/C=C\C/C=C\CCCC(=O)OCC(O)COP(=O)(O)OCCNC(=O)CCCCCCCCCCCCCCCCCCCCCCCCCC. The summed E-state index contributed by atoms with van der Waals surface area (Å²) < 4.78 is 26.9. The first-order chi connectivity index (χ1) is 30.3. The summed E-state index contributed by atoms with van der Waals surface area (Å²) in [5, 5.41) is 12.7. The number of carbonyl (C=O) groups is 2. The minimum absolute atomic E-state index is 0.0768. The lowest BCUT2D eigenvalue weighted by Gasteiger charge is -2.15. The molecule has 0 bridgehead atoms. The second kappa shape index (κ2) is 48.4. The van der Waals surface area contributed by atoms with Crippen LogP contribution in [0.4, 0.5) is 0 Å². The molecule has 0 saturated heterocycles. The van der Waals surface area contributed by atoms with Crippen molar-refractivity contribution in [2.45, 2.75) is 245 Å². The summed E-state index contributed by atoms with van der Waals surface area (Å²) >= 11 is 0. The van der Waals surface area contributed by atoms with Crippen molar-refractivity contribution in [1.29, 1.82) is 0 Å². The summed E-state index contributed by atoms with van der Waals surface area (Å²) in [5.74, 6) is -0.567. The van der Waals surface area contributed by atoms with Crippen LogP contribution in [0.25, 0.3) is 0 Å². The van der Waals surface area contributed by atoms with Crippen molar-refractivity contribution in [2.24, 2.45) is 0 Å². The number of ether oxygens (including phenoxy) is 1. The molecule has 0 aliphatic heterocycles. The number of nitrogens with one attached hydrogen (secondary N) is 1. The number of amides is 1. The van der Waals surface area contributed by atoms with Crippen molar-refractivity contribution >= 4 is 19.7 Å². The van der Waals surface area contributed by atoms with E-state index in [-0.39, 0.29) is 32.1 Å². The highest BCUT2D eigenvalue weighted by molar-refractivity contribution is 7.47. The predicted octanol–water partition coefficient (Wildman–Crippen LogP) is 15.1. The van der Waals surface area contributed by atoms with Gasteiger partial charge in [0.15, 0.2) is 0 Å². The molecule has 0 aliphatic rings. The molecule has 62 heavy (non-hydrogen) atoms. The Morgan fingerprint density at radius 2 is 0.887 bits per heavy atom. The molecule has 0 saturated carbocycles. The molecule has 1 amide bonds. The van der Waals surface area contributed by atoms with E-state index in [1.165, 1.54) is 161 Å². The number of rotatable bonds is 48. The minimum atomic E-state index is -4.43. The fourth-order valence-corrected chi connectivity index (χ4v) is 7.90. The van der Waals surface area contributed by atoms with Crippen LogP contribution in [0.2, 0.25) is 0 Å². The van der Waals surface area contributed by atoms with Crippen LogP contribution >= 0.6 is 7.82 Å². The molecule has 362 valence electrons. The zero-order valence-electron chi connectivity index (χ0n) is 40.1. The maximum absolute atomic E-state index is 12.1. The first kappa shape index (κ1) is 60.0. The van der Waals surface area contributed by atoms with Gasteiger partial charge in [0.2, 0.25) is 5.91 Å². The van der Waals surface area contributed by atoms with Crippen LogP contribution in [0.1, 0.15) is 239 Å². The van der Waals surface area contributed by atoms with E-state index in [1.54, 1.807) is 0 Å². The lowest BCUT2D eigenvalue weighted by molar-refractivity contribution is -0.147. The van der Waals surface area contributed by atoms with E-state index in [1.807, 2.05) is 6.08 Å². The van der Waals surface area contributed by atoms with Gasteiger partial charge >= 0.3 is 13.8 Å². The monoisotopic (exact) mass is 894 g/mol. The van der Waals surface area contributed by atoms with E-state index >= 15 is 0 Å². The zero-order chi connectivity index (χ0) is 45.3. The van der Waals surface area contributed by atoms with Gasteiger partial charge in [0.1, 0.15) is 12.7 Å². The van der Waals surface area contributed by atoms with Crippen LogP contribution in [0.3, 0.4) is 0 Å². The van der Waals surface area contributed by atoms with Gasteiger partial charge < -0.3 is 20.1 Å². The van der Waals surface area contributed by atoms with E-state index < -0.39 is 26.5 Å². The van der Waals surface area contributed by atoms with Crippen LogP contribution in [-0.2, 0) is 27.9 Å². The van der Waals surface area contributed by atoms with Gasteiger partial charge in [-0.05, 0) is 51.4 Å². The number of phosphoric acid groups is 1. The smallest absolute Gasteiger partial charge is 0.463 e. The molecule has 2 atom stereocenters. The number of aliphatic hydroxyl groups excluding tert-OH is 1. The van der Waals surface area contributed by atoms with Gasteiger partial charge in [0.25, 0.3) is 0 Å². The Bertz CT molecular complexity index is 1160. The molecule has 3 N–H and O–H groups in total. The third-order valence-corrected chi connectivity index (χ3v) is 12.0. The normalized spacial score (nSPS) is 13.5. The van der Waals surface area contributed by atoms with Crippen LogP contribution in [0.5, 0.6) is 0 Å². The first-order valence-corrected chi connectivity index (χ1v) is 27.1. The zero-order valence-corrected chi connectivity index (χ0v) is 41.0. The van der Waals surface area contributed by atoms with Gasteiger partial charge in [-0.3, -0.25) is 18.6 Å². The van der Waals surface area contributed by atoms with E-state index in [0.29, 0.717) is 12.8 Å². The highest BCUT2D eigenvalue weighted by Gasteiger charge is 2.23. The predicted molar refractivity (Wildman–Crippen MR) is 261 cm³/mol. The minimum Gasteiger partial charge on any atom is -0.463 e. The Labute approximate surface area is 381 Å². The van der Waals surface area contributed by atoms with E-state index in [4.69, 9.17) is 13.8 Å². The molecule has 0 spiro atoms. The number of allylic oxidation sites excluding steroid dienone is 8. The molecule has 2 unspecified atom stereocenters. The second-order valence-corrected chi connectivity index (χ2v) is 18.6. The Morgan fingerprint density at radius 1 is 0.500 bits per heavy atom. The third-order valence-electron chi connectivity index (χ3n) is 11.0.